The molecule has 0 heterocycles. The Balaban J connectivity index is 1.94. The van der Waals surface area contributed by atoms with Crippen LogP contribution in [0.15, 0.2) is 48.5 Å². The van der Waals surface area contributed by atoms with Crippen LogP contribution in [0, 0.1) is 0 Å². The fourth-order valence-corrected chi connectivity index (χ4v) is 2.52. The third-order valence-corrected chi connectivity index (χ3v) is 4.13. The highest BCUT2D eigenvalue weighted by Gasteiger charge is 2.16. The van der Waals surface area contributed by atoms with Gasteiger partial charge in [-0.15, -0.1) is 0 Å². The van der Waals surface area contributed by atoms with Crippen LogP contribution in [0.1, 0.15) is 33.6 Å². The lowest BCUT2D eigenvalue weighted by molar-refractivity contribution is -0.117. The van der Waals surface area contributed by atoms with Gasteiger partial charge < -0.3 is 9.80 Å². The molecule has 0 N–H and O–H groups in total. The quantitative estimate of drug-likeness (QED) is 0.539. The summed E-state index contributed by atoms with van der Waals surface area (Å²) in [4.78, 5) is 40.4. The molecule has 26 heavy (non-hydrogen) atoms. The van der Waals surface area contributed by atoms with Crippen molar-refractivity contribution in [1.82, 2.24) is 0 Å². The Morgan fingerprint density at radius 2 is 0.923 bits per heavy atom. The number of hydrogen-bond acceptors (Lipinski definition) is 5. The summed E-state index contributed by atoms with van der Waals surface area (Å²) in [5.41, 5.74) is 2.91. The van der Waals surface area contributed by atoms with Gasteiger partial charge in [-0.25, -0.2) is 0 Å². The minimum Gasteiger partial charge on any atom is -0.378 e. The summed E-state index contributed by atoms with van der Waals surface area (Å²) >= 11 is 0. The molecule has 136 valence electrons. The zero-order valence-corrected chi connectivity index (χ0v) is 15.7. The van der Waals surface area contributed by atoms with Crippen molar-refractivity contribution in [2.75, 3.05) is 38.0 Å². The lowest BCUT2D eigenvalue weighted by Gasteiger charge is -2.12. The lowest BCUT2D eigenvalue weighted by Crippen LogP contribution is -2.14. The van der Waals surface area contributed by atoms with E-state index in [1.54, 1.807) is 24.3 Å². The van der Waals surface area contributed by atoms with Crippen LogP contribution in [0.5, 0.6) is 0 Å². The van der Waals surface area contributed by atoms with Crippen molar-refractivity contribution >= 4 is 28.7 Å². The van der Waals surface area contributed by atoms with E-state index in [0.29, 0.717) is 11.1 Å². The summed E-state index contributed by atoms with van der Waals surface area (Å²) in [5, 5.41) is 0. The Morgan fingerprint density at radius 1 is 0.615 bits per heavy atom. The first-order valence-corrected chi connectivity index (χ1v) is 8.41. The highest BCUT2D eigenvalue weighted by atomic mass is 16.2. The molecule has 0 aliphatic carbocycles. The molecule has 0 fully saturated rings. The Labute approximate surface area is 154 Å². The number of benzene rings is 2. The molecule has 0 saturated heterocycles. The van der Waals surface area contributed by atoms with Crippen molar-refractivity contribution in [3.05, 3.63) is 59.7 Å². The monoisotopic (exact) mass is 352 g/mol. The van der Waals surface area contributed by atoms with Gasteiger partial charge in [0.25, 0.3) is 0 Å². The van der Waals surface area contributed by atoms with Gasteiger partial charge in [-0.3, -0.25) is 14.4 Å². The van der Waals surface area contributed by atoms with E-state index in [9.17, 15) is 14.4 Å². The number of nitrogens with zero attached hydrogens (tertiary/aromatic N) is 2. The van der Waals surface area contributed by atoms with Gasteiger partial charge in [0.2, 0.25) is 0 Å². The summed E-state index contributed by atoms with van der Waals surface area (Å²) in [6, 6.07) is 14.1. The van der Waals surface area contributed by atoms with E-state index >= 15 is 0 Å². The molecule has 2 aromatic rings. The number of ketones is 3. The van der Waals surface area contributed by atoms with Gasteiger partial charge in [0.05, 0.1) is 12.8 Å². The molecular weight excluding hydrogens is 328 g/mol. The standard InChI is InChI=1S/C21H24N2O3/c1-22(2)17-9-5-15(6-10-17)20(25)13-19(24)14-21(26)16-7-11-18(12-8-16)23(3)4/h5-12H,13-14H2,1-4H3. The third-order valence-electron chi connectivity index (χ3n) is 4.13. The maximum Gasteiger partial charge on any atom is 0.170 e. The molecule has 0 bridgehead atoms. The molecule has 2 aromatic carbocycles. The van der Waals surface area contributed by atoms with E-state index in [1.807, 2.05) is 62.3 Å². The second kappa shape index (κ2) is 8.43. The molecule has 5 heteroatoms. The number of carbonyl (C=O) groups is 3. The Hall–Kier alpha value is -2.95. The highest BCUT2D eigenvalue weighted by Crippen LogP contribution is 2.16. The Kier molecular flexibility index (Phi) is 6.28. The molecule has 0 saturated carbocycles. The molecule has 0 amide bonds. The van der Waals surface area contributed by atoms with Gasteiger partial charge in [0.15, 0.2) is 11.6 Å². The Morgan fingerprint density at radius 3 is 1.19 bits per heavy atom. The summed E-state index contributed by atoms with van der Waals surface area (Å²) in [6.45, 7) is 0. The lowest BCUT2D eigenvalue weighted by atomic mass is 10.00. The average molecular weight is 352 g/mol. The van der Waals surface area contributed by atoms with Crippen molar-refractivity contribution in [3.8, 4) is 0 Å². The first-order valence-electron chi connectivity index (χ1n) is 8.41. The second-order valence-electron chi connectivity index (χ2n) is 6.62. The van der Waals surface area contributed by atoms with E-state index in [2.05, 4.69) is 0 Å². The highest BCUT2D eigenvalue weighted by molar-refractivity contribution is 6.15. The summed E-state index contributed by atoms with van der Waals surface area (Å²) in [7, 11) is 7.65. The predicted octanol–water partition coefficient (Wildman–Crippen LogP) is 3.23. The van der Waals surface area contributed by atoms with Crippen LogP contribution in [0.2, 0.25) is 0 Å². The smallest absolute Gasteiger partial charge is 0.170 e. The van der Waals surface area contributed by atoms with E-state index in [-0.39, 0.29) is 30.2 Å². The first kappa shape index (κ1) is 19.4. The van der Waals surface area contributed by atoms with E-state index in [0.717, 1.165) is 11.4 Å². The van der Waals surface area contributed by atoms with Crippen molar-refractivity contribution < 1.29 is 14.4 Å². The molecule has 0 radical (unpaired) electrons. The van der Waals surface area contributed by atoms with Crippen LogP contribution >= 0.6 is 0 Å². The average Bonchev–Trinajstić information content (AvgIpc) is 2.61. The molecule has 0 atom stereocenters. The summed E-state index contributed by atoms with van der Waals surface area (Å²) in [5.74, 6) is -0.902. The van der Waals surface area contributed by atoms with Crippen LogP contribution < -0.4 is 9.80 Å². The molecule has 0 unspecified atom stereocenters. The number of Topliss-reactive ketones (excluding diaryl/α,β-unsaturated/α-hetero) is 3. The van der Waals surface area contributed by atoms with Crippen molar-refractivity contribution in [2.24, 2.45) is 0 Å². The number of hydrogen-bond donors (Lipinski definition) is 0. The zero-order valence-electron chi connectivity index (χ0n) is 15.7. The normalized spacial score (nSPS) is 10.3. The maximum atomic E-state index is 12.2. The van der Waals surface area contributed by atoms with Crippen LogP contribution in [0.4, 0.5) is 11.4 Å². The van der Waals surface area contributed by atoms with Gasteiger partial charge in [-0.05, 0) is 48.5 Å². The van der Waals surface area contributed by atoms with Gasteiger partial charge in [-0.2, -0.15) is 0 Å². The van der Waals surface area contributed by atoms with Crippen LogP contribution in [-0.2, 0) is 4.79 Å². The van der Waals surface area contributed by atoms with Gasteiger partial charge in [0, 0.05) is 50.7 Å². The first-order chi connectivity index (χ1) is 12.3. The van der Waals surface area contributed by atoms with E-state index in [1.165, 1.54) is 0 Å². The predicted molar refractivity (Wildman–Crippen MR) is 104 cm³/mol. The minimum atomic E-state index is -0.367. The van der Waals surface area contributed by atoms with Gasteiger partial charge in [0.1, 0.15) is 5.78 Å². The molecule has 2 rings (SSSR count). The fourth-order valence-electron chi connectivity index (χ4n) is 2.52. The minimum absolute atomic E-state index is 0.261. The van der Waals surface area contributed by atoms with Crippen molar-refractivity contribution in [3.63, 3.8) is 0 Å². The fraction of sp³-hybridized carbons (Fsp3) is 0.286. The largest absolute Gasteiger partial charge is 0.378 e. The summed E-state index contributed by atoms with van der Waals surface area (Å²) in [6.07, 6.45) is -0.522. The topological polar surface area (TPSA) is 57.7 Å². The van der Waals surface area contributed by atoms with E-state index < -0.39 is 0 Å². The number of anilines is 2. The SMILES string of the molecule is CN(C)c1ccc(C(=O)CC(=O)CC(=O)c2ccc(N(C)C)cc2)cc1. The van der Waals surface area contributed by atoms with Crippen molar-refractivity contribution in [2.45, 2.75) is 12.8 Å². The molecule has 0 aliphatic heterocycles. The maximum absolute atomic E-state index is 12.2. The van der Waals surface area contributed by atoms with Gasteiger partial charge >= 0.3 is 0 Å². The van der Waals surface area contributed by atoms with E-state index in [4.69, 9.17) is 0 Å². The summed E-state index contributed by atoms with van der Waals surface area (Å²) < 4.78 is 0. The van der Waals surface area contributed by atoms with Crippen LogP contribution in [-0.4, -0.2) is 45.5 Å². The zero-order chi connectivity index (χ0) is 19.3. The Bertz CT molecular complexity index is 724. The molecule has 0 spiro atoms. The molecule has 5 nitrogen and oxygen atoms in total. The number of carbonyl (C=O) groups excluding carboxylic acids is 3. The van der Waals surface area contributed by atoms with Crippen molar-refractivity contribution in [1.29, 1.82) is 0 Å². The van der Waals surface area contributed by atoms with Gasteiger partial charge in [-0.1, -0.05) is 0 Å². The third kappa shape index (κ3) is 5.02. The van der Waals surface area contributed by atoms with Crippen LogP contribution in [0.3, 0.4) is 0 Å². The van der Waals surface area contributed by atoms with Crippen LogP contribution in [0.25, 0.3) is 0 Å². The second-order valence-corrected chi connectivity index (χ2v) is 6.62. The molecule has 0 aromatic heterocycles. The number of rotatable bonds is 8. The molecular formula is C21H24N2O3. The molecule has 0 aliphatic rings.